The lowest BCUT2D eigenvalue weighted by Gasteiger charge is -2.12. The van der Waals surface area contributed by atoms with E-state index in [0.717, 1.165) is 12.0 Å². The second-order valence-electron chi connectivity index (χ2n) is 5.77. The summed E-state index contributed by atoms with van der Waals surface area (Å²) in [6, 6.07) is 12.6. The van der Waals surface area contributed by atoms with Crippen LogP contribution in [0.2, 0.25) is 0 Å². The Bertz CT molecular complexity index is 1110. The van der Waals surface area contributed by atoms with Gasteiger partial charge in [0.15, 0.2) is 0 Å². The van der Waals surface area contributed by atoms with Crippen molar-refractivity contribution >= 4 is 0 Å². The molecular weight excluding hydrogens is 332 g/mol. The van der Waals surface area contributed by atoms with Gasteiger partial charge in [0.25, 0.3) is 0 Å². The molecule has 130 valence electrons. The average molecular weight is 348 g/mol. The fourth-order valence-corrected chi connectivity index (χ4v) is 2.95. The normalized spacial score (nSPS) is 11.0. The van der Waals surface area contributed by atoms with Crippen molar-refractivity contribution in [3.8, 4) is 34.1 Å². The van der Waals surface area contributed by atoms with Crippen LogP contribution in [0.25, 0.3) is 28.3 Å². The van der Waals surface area contributed by atoms with Crippen molar-refractivity contribution < 1.29 is 5.11 Å². The molecule has 26 heavy (non-hydrogen) atoms. The molecule has 0 unspecified atom stereocenters. The van der Waals surface area contributed by atoms with E-state index in [0.29, 0.717) is 28.3 Å². The van der Waals surface area contributed by atoms with Crippen LogP contribution in [-0.2, 0) is 6.42 Å². The largest absolute Gasteiger partial charge is 0.507 e. The Morgan fingerprint density at radius 2 is 2.00 bits per heavy atom. The Kier molecular flexibility index (Phi) is 3.85. The van der Waals surface area contributed by atoms with Crippen LogP contribution in [0, 0.1) is 0 Å². The molecule has 0 spiro atoms. The lowest BCUT2D eigenvalue weighted by atomic mass is 10.0. The third-order valence-corrected chi connectivity index (χ3v) is 4.25. The molecule has 2 heterocycles. The summed E-state index contributed by atoms with van der Waals surface area (Å²) in [4.78, 5) is 15.3. The second-order valence-corrected chi connectivity index (χ2v) is 5.77. The summed E-state index contributed by atoms with van der Waals surface area (Å²) >= 11 is 0. The highest BCUT2D eigenvalue weighted by atomic mass is 16.3. The van der Waals surface area contributed by atoms with Crippen molar-refractivity contribution in [3.05, 3.63) is 64.7 Å². The van der Waals surface area contributed by atoms with Gasteiger partial charge in [-0.05, 0) is 41.5 Å². The van der Waals surface area contributed by atoms with Crippen molar-refractivity contribution in [2.24, 2.45) is 0 Å². The van der Waals surface area contributed by atoms with Crippen LogP contribution in [0.15, 0.2) is 53.5 Å². The number of tetrazole rings is 1. The SMILES string of the molecule is CCc1ccc(O)c(-c2c[nH]c(=O)n2-c2ccccc2-c2nn[nH]n2)c1. The Labute approximate surface area is 148 Å². The molecule has 0 atom stereocenters. The molecule has 0 saturated carbocycles. The maximum absolute atomic E-state index is 12.6. The van der Waals surface area contributed by atoms with Gasteiger partial charge >= 0.3 is 5.69 Å². The molecule has 0 aliphatic carbocycles. The number of imidazole rings is 1. The summed E-state index contributed by atoms with van der Waals surface area (Å²) in [7, 11) is 0. The highest BCUT2D eigenvalue weighted by molar-refractivity contribution is 5.73. The number of phenolic OH excluding ortho intramolecular Hbond substituents is 1. The number of nitrogens with zero attached hydrogens (tertiary/aromatic N) is 4. The molecule has 2 aromatic heterocycles. The van der Waals surface area contributed by atoms with E-state index < -0.39 is 0 Å². The number of hydrogen-bond acceptors (Lipinski definition) is 5. The van der Waals surface area contributed by atoms with E-state index >= 15 is 0 Å². The number of phenols is 1. The standard InChI is InChI=1S/C18H16N6O2/c1-2-11-7-8-16(25)13(9-11)15-10-19-18(26)24(15)14-6-4-3-5-12(14)17-20-22-23-21-17/h3-10,25H,2H2,1H3,(H,19,26)(H,20,21,22,23). The number of rotatable bonds is 4. The summed E-state index contributed by atoms with van der Waals surface area (Å²) in [5.74, 6) is 0.484. The minimum Gasteiger partial charge on any atom is -0.507 e. The lowest BCUT2D eigenvalue weighted by molar-refractivity contribution is 0.477. The Balaban J connectivity index is 1.97. The van der Waals surface area contributed by atoms with Gasteiger partial charge in [0, 0.05) is 17.3 Å². The Morgan fingerprint density at radius 1 is 1.15 bits per heavy atom. The van der Waals surface area contributed by atoms with Crippen LogP contribution in [0.3, 0.4) is 0 Å². The van der Waals surface area contributed by atoms with Gasteiger partial charge in [0.05, 0.1) is 11.4 Å². The van der Waals surface area contributed by atoms with Crippen LogP contribution >= 0.6 is 0 Å². The highest BCUT2D eigenvalue weighted by Crippen LogP contribution is 2.32. The number of aromatic nitrogens is 6. The third-order valence-electron chi connectivity index (χ3n) is 4.25. The zero-order valence-electron chi connectivity index (χ0n) is 14.0. The maximum atomic E-state index is 12.6. The molecule has 3 N–H and O–H groups in total. The predicted octanol–water partition coefficient (Wildman–Crippen LogP) is 2.28. The number of benzene rings is 2. The van der Waals surface area contributed by atoms with Crippen LogP contribution in [-0.4, -0.2) is 35.3 Å². The second kappa shape index (κ2) is 6.32. The van der Waals surface area contributed by atoms with Crippen LogP contribution in [0.1, 0.15) is 12.5 Å². The fraction of sp³-hybridized carbons (Fsp3) is 0.111. The predicted molar refractivity (Wildman–Crippen MR) is 96.0 cm³/mol. The van der Waals surface area contributed by atoms with Gasteiger partial charge < -0.3 is 10.1 Å². The number of para-hydroxylation sites is 1. The summed E-state index contributed by atoms with van der Waals surface area (Å²) in [6.07, 6.45) is 2.41. The molecule has 8 nitrogen and oxygen atoms in total. The molecule has 0 bridgehead atoms. The molecule has 0 fully saturated rings. The van der Waals surface area contributed by atoms with Crippen molar-refractivity contribution in [3.63, 3.8) is 0 Å². The number of aryl methyl sites for hydroxylation is 1. The van der Waals surface area contributed by atoms with Gasteiger partial charge in [0.2, 0.25) is 5.82 Å². The molecular formula is C18H16N6O2. The molecule has 0 radical (unpaired) electrons. The molecule has 8 heteroatoms. The highest BCUT2D eigenvalue weighted by Gasteiger charge is 2.18. The van der Waals surface area contributed by atoms with E-state index in [-0.39, 0.29) is 11.4 Å². The Hall–Kier alpha value is -3.68. The lowest BCUT2D eigenvalue weighted by Crippen LogP contribution is -2.16. The first-order chi connectivity index (χ1) is 12.7. The first-order valence-electron chi connectivity index (χ1n) is 8.15. The quantitative estimate of drug-likeness (QED) is 0.524. The molecule has 4 rings (SSSR count). The van der Waals surface area contributed by atoms with Crippen LogP contribution < -0.4 is 5.69 Å². The van der Waals surface area contributed by atoms with E-state index in [9.17, 15) is 9.90 Å². The summed E-state index contributed by atoms with van der Waals surface area (Å²) in [5, 5.41) is 24.4. The van der Waals surface area contributed by atoms with Gasteiger partial charge in [0.1, 0.15) is 5.75 Å². The van der Waals surface area contributed by atoms with Crippen molar-refractivity contribution in [1.82, 2.24) is 30.2 Å². The molecule has 0 saturated heterocycles. The zero-order valence-corrected chi connectivity index (χ0v) is 14.0. The number of aromatic hydroxyl groups is 1. The number of H-pyrrole nitrogens is 2. The summed E-state index contributed by atoms with van der Waals surface area (Å²) in [5.41, 5.74) is 3.11. The maximum Gasteiger partial charge on any atom is 0.330 e. The molecule has 0 aliphatic heterocycles. The summed E-state index contributed by atoms with van der Waals surface area (Å²) < 4.78 is 1.50. The van der Waals surface area contributed by atoms with Gasteiger partial charge in [-0.15, -0.1) is 10.2 Å². The fourth-order valence-electron chi connectivity index (χ4n) is 2.95. The van der Waals surface area contributed by atoms with Gasteiger partial charge in [-0.3, -0.25) is 4.57 Å². The third kappa shape index (κ3) is 2.57. The molecule has 2 aromatic carbocycles. The minimum atomic E-state index is -0.322. The van der Waals surface area contributed by atoms with Gasteiger partial charge in [-0.1, -0.05) is 25.1 Å². The number of nitrogens with one attached hydrogen (secondary N) is 2. The monoisotopic (exact) mass is 348 g/mol. The van der Waals surface area contributed by atoms with E-state index in [1.807, 2.05) is 37.3 Å². The van der Waals surface area contributed by atoms with Gasteiger partial charge in [-0.25, -0.2) is 4.79 Å². The zero-order chi connectivity index (χ0) is 18.1. The molecule has 0 amide bonds. The van der Waals surface area contributed by atoms with E-state index in [1.54, 1.807) is 18.3 Å². The molecule has 0 aliphatic rings. The van der Waals surface area contributed by atoms with Crippen molar-refractivity contribution in [2.75, 3.05) is 0 Å². The van der Waals surface area contributed by atoms with Crippen LogP contribution in [0.4, 0.5) is 0 Å². The summed E-state index contributed by atoms with van der Waals surface area (Å²) in [6.45, 7) is 2.03. The minimum absolute atomic E-state index is 0.104. The van der Waals surface area contributed by atoms with E-state index in [4.69, 9.17) is 0 Å². The van der Waals surface area contributed by atoms with Crippen molar-refractivity contribution in [2.45, 2.75) is 13.3 Å². The number of aromatic amines is 2. The van der Waals surface area contributed by atoms with Crippen molar-refractivity contribution in [1.29, 1.82) is 0 Å². The topological polar surface area (TPSA) is 112 Å². The smallest absolute Gasteiger partial charge is 0.330 e. The Morgan fingerprint density at radius 3 is 2.77 bits per heavy atom. The average Bonchev–Trinajstić information content (AvgIpc) is 3.32. The van der Waals surface area contributed by atoms with Crippen LogP contribution in [0.5, 0.6) is 5.75 Å². The molecule has 4 aromatic rings. The van der Waals surface area contributed by atoms with E-state index in [2.05, 4.69) is 25.6 Å². The van der Waals surface area contributed by atoms with Gasteiger partial charge in [-0.2, -0.15) is 5.21 Å². The first kappa shape index (κ1) is 15.8. The first-order valence-corrected chi connectivity index (χ1v) is 8.15. The number of hydrogen-bond donors (Lipinski definition) is 3. The van der Waals surface area contributed by atoms with E-state index in [1.165, 1.54) is 4.57 Å².